The van der Waals surface area contributed by atoms with Crippen LogP contribution < -0.4 is 10.1 Å². The summed E-state index contributed by atoms with van der Waals surface area (Å²) in [6, 6.07) is 10.9. The molecule has 0 saturated carbocycles. The van der Waals surface area contributed by atoms with Crippen LogP contribution in [0.1, 0.15) is 36.6 Å². The third-order valence-corrected chi connectivity index (χ3v) is 3.58. The minimum atomic E-state index is 0.254. The van der Waals surface area contributed by atoms with E-state index in [0.29, 0.717) is 6.61 Å². The first-order valence-corrected chi connectivity index (χ1v) is 7.60. The molecule has 1 N–H and O–H groups in total. The topological polar surface area (TPSA) is 34.2 Å². The van der Waals surface area contributed by atoms with Crippen LogP contribution in [0.15, 0.2) is 42.7 Å². The zero-order valence-electron chi connectivity index (χ0n) is 13.1. The first-order chi connectivity index (χ1) is 10.2. The van der Waals surface area contributed by atoms with Gasteiger partial charge in [0.2, 0.25) is 0 Å². The van der Waals surface area contributed by atoms with Gasteiger partial charge in [-0.3, -0.25) is 4.98 Å². The minimum absolute atomic E-state index is 0.254. The zero-order valence-corrected chi connectivity index (χ0v) is 13.1. The molecule has 112 valence electrons. The lowest BCUT2D eigenvalue weighted by Gasteiger charge is -2.20. The fraction of sp³-hybridized carbons (Fsp3) is 0.389. The molecule has 2 rings (SSSR count). The summed E-state index contributed by atoms with van der Waals surface area (Å²) in [5, 5.41) is 3.55. The van der Waals surface area contributed by atoms with E-state index >= 15 is 0 Å². The Morgan fingerprint density at radius 3 is 2.71 bits per heavy atom. The molecule has 1 heterocycles. The monoisotopic (exact) mass is 284 g/mol. The number of rotatable bonds is 7. The summed E-state index contributed by atoms with van der Waals surface area (Å²) in [4.78, 5) is 4.31. The van der Waals surface area contributed by atoms with E-state index in [1.165, 1.54) is 16.7 Å². The Morgan fingerprint density at radius 2 is 2.00 bits per heavy atom. The number of hydrogen-bond acceptors (Lipinski definition) is 3. The molecule has 0 fully saturated rings. The van der Waals surface area contributed by atoms with Crippen molar-refractivity contribution in [1.82, 2.24) is 10.3 Å². The molecule has 2 aromatic rings. The Balaban J connectivity index is 2.22. The predicted octanol–water partition coefficient (Wildman–Crippen LogP) is 3.68. The van der Waals surface area contributed by atoms with E-state index in [2.05, 4.69) is 54.5 Å². The van der Waals surface area contributed by atoms with Gasteiger partial charge in [0.1, 0.15) is 5.75 Å². The average molecular weight is 284 g/mol. The molecular formula is C18H24N2O. The van der Waals surface area contributed by atoms with Crippen LogP contribution in [0.2, 0.25) is 0 Å². The second kappa shape index (κ2) is 7.79. The van der Waals surface area contributed by atoms with Gasteiger partial charge in [-0.1, -0.05) is 31.2 Å². The number of nitrogens with one attached hydrogen (secondary N) is 1. The number of benzene rings is 1. The summed E-state index contributed by atoms with van der Waals surface area (Å²) in [6.07, 6.45) is 4.65. The maximum Gasteiger partial charge on any atom is 0.137 e. The summed E-state index contributed by atoms with van der Waals surface area (Å²) in [5.74, 6) is 0.836. The lowest BCUT2D eigenvalue weighted by atomic mass is 9.97. The van der Waals surface area contributed by atoms with Crippen LogP contribution in [0.5, 0.6) is 5.75 Å². The van der Waals surface area contributed by atoms with Crippen LogP contribution in [-0.2, 0) is 6.42 Å². The number of nitrogens with zero attached hydrogens (tertiary/aromatic N) is 1. The molecule has 1 unspecified atom stereocenters. The summed E-state index contributed by atoms with van der Waals surface area (Å²) < 4.78 is 5.56. The van der Waals surface area contributed by atoms with Gasteiger partial charge >= 0.3 is 0 Å². The van der Waals surface area contributed by atoms with Gasteiger partial charge in [0.15, 0.2) is 0 Å². The molecule has 1 atom stereocenters. The molecule has 0 amide bonds. The van der Waals surface area contributed by atoms with E-state index in [1.54, 1.807) is 6.20 Å². The van der Waals surface area contributed by atoms with Crippen LogP contribution >= 0.6 is 0 Å². The molecule has 0 bridgehead atoms. The van der Waals surface area contributed by atoms with Gasteiger partial charge in [0.05, 0.1) is 12.8 Å². The summed E-state index contributed by atoms with van der Waals surface area (Å²) >= 11 is 0. The Labute approximate surface area is 127 Å². The first kappa shape index (κ1) is 15.5. The third kappa shape index (κ3) is 4.30. The molecule has 1 aromatic heterocycles. The van der Waals surface area contributed by atoms with Crippen molar-refractivity contribution in [2.24, 2.45) is 0 Å². The number of ether oxygens (including phenoxy) is 1. The standard InChI is InChI=1S/C18H24N2O/c1-4-20-18(11-15-9-7-6-8-14(15)3)16-10-17(21-5-2)13-19-12-16/h6-10,12-13,18,20H,4-5,11H2,1-3H3. The van der Waals surface area contributed by atoms with E-state index < -0.39 is 0 Å². The van der Waals surface area contributed by atoms with Gasteiger partial charge in [-0.2, -0.15) is 0 Å². The van der Waals surface area contributed by atoms with Crippen molar-refractivity contribution in [3.8, 4) is 5.75 Å². The van der Waals surface area contributed by atoms with E-state index in [1.807, 2.05) is 13.1 Å². The second-order valence-corrected chi connectivity index (χ2v) is 5.13. The number of aryl methyl sites for hydroxylation is 1. The number of pyridine rings is 1. The van der Waals surface area contributed by atoms with Crippen molar-refractivity contribution in [3.63, 3.8) is 0 Å². The summed E-state index contributed by atoms with van der Waals surface area (Å²) in [5.41, 5.74) is 3.87. The highest BCUT2D eigenvalue weighted by atomic mass is 16.5. The maximum atomic E-state index is 5.56. The van der Waals surface area contributed by atoms with Crippen molar-refractivity contribution >= 4 is 0 Å². The van der Waals surface area contributed by atoms with Crippen molar-refractivity contribution in [3.05, 3.63) is 59.4 Å². The normalized spacial score (nSPS) is 12.1. The van der Waals surface area contributed by atoms with E-state index in [-0.39, 0.29) is 6.04 Å². The van der Waals surface area contributed by atoms with E-state index in [4.69, 9.17) is 4.74 Å². The first-order valence-electron chi connectivity index (χ1n) is 7.60. The highest BCUT2D eigenvalue weighted by molar-refractivity contribution is 5.31. The Hall–Kier alpha value is -1.87. The zero-order chi connectivity index (χ0) is 15.1. The average Bonchev–Trinajstić information content (AvgIpc) is 2.49. The van der Waals surface area contributed by atoms with E-state index in [0.717, 1.165) is 18.7 Å². The lowest BCUT2D eigenvalue weighted by molar-refractivity contribution is 0.338. The van der Waals surface area contributed by atoms with Crippen molar-refractivity contribution in [2.75, 3.05) is 13.2 Å². The highest BCUT2D eigenvalue weighted by Gasteiger charge is 2.13. The van der Waals surface area contributed by atoms with Crippen LogP contribution in [0, 0.1) is 6.92 Å². The SMILES string of the molecule is CCNC(Cc1ccccc1C)c1cncc(OCC)c1. The van der Waals surface area contributed by atoms with Crippen molar-refractivity contribution < 1.29 is 4.74 Å². The molecule has 3 heteroatoms. The third-order valence-electron chi connectivity index (χ3n) is 3.58. The molecular weight excluding hydrogens is 260 g/mol. The molecule has 21 heavy (non-hydrogen) atoms. The minimum Gasteiger partial charge on any atom is -0.492 e. The molecule has 3 nitrogen and oxygen atoms in total. The summed E-state index contributed by atoms with van der Waals surface area (Å²) in [6.45, 7) is 7.86. The molecule has 0 radical (unpaired) electrons. The van der Waals surface area contributed by atoms with Crippen LogP contribution in [-0.4, -0.2) is 18.1 Å². The lowest BCUT2D eigenvalue weighted by Crippen LogP contribution is -2.23. The van der Waals surface area contributed by atoms with Gasteiger partial charge in [-0.25, -0.2) is 0 Å². The van der Waals surface area contributed by atoms with Gasteiger partial charge in [0.25, 0.3) is 0 Å². The van der Waals surface area contributed by atoms with Crippen molar-refractivity contribution in [2.45, 2.75) is 33.2 Å². The van der Waals surface area contributed by atoms with Gasteiger partial charge in [-0.05, 0) is 49.6 Å². The number of aromatic nitrogens is 1. The number of likely N-dealkylation sites (N-methyl/N-ethyl adjacent to an activating group) is 1. The maximum absolute atomic E-state index is 5.56. The Bertz CT molecular complexity index is 569. The molecule has 1 aromatic carbocycles. The summed E-state index contributed by atoms with van der Waals surface area (Å²) in [7, 11) is 0. The fourth-order valence-electron chi connectivity index (χ4n) is 2.49. The molecule has 0 spiro atoms. The fourth-order valence-corrected chi connectivity index (χ4v) is 2.49. The van der Waals surface area contributed by atoms with Gasteiger partial charge in [-0.15, -0.1) is 0 Å². The van der Waals surface area contributed by atoms with Crippen LogP contribution in [0.3, 0.4) is 0 Å². The second-order valence-electron chi connectivity index (χ2n) is 5.13. The highest BCUT2D eigenvalue weighted by Crippen LogP contribution is 2.23. The molecule has 0 aliphatic carbocycles. The van der Waals surface area contributed by atoms with Gasteiger partial charge in [0, 0.05) is 12.2 Å². The predicted molar refractivity (Wildman–Crippen MR) is 86.7 cm³/mol. The Morgan fingerprint density at radius 1 is 1.19 bits per heavy atom. The van der Waals surface area contributed by atoms with Crippen LogP contribution in [0.25, 0.3) is 0 Å². The van der Waals surface area contributed by atoms with Gasteiger partial charge < -0.3 is 10.1 Å². The van der Waals surface area contributed by atoms with Crippen molar-refractivity contribution in [1.29, 1.82) is 0 Å². The Kier molecular flexibility index (Phi) is 5.76. The largest absolute Gasteiger partial charge is 0.492 e. The van der Waals surface area contributed by atoms with Crippen LogP contribution in [0.4, 0.5) is 0 Å². The molecule has 0 aliphatic heterocycles. The number of hydrogen-bond donors (Lipinski definition) is 1. The molecule has 0 aliphatic rings. The smallest absolute Gasteiger partial charge is 0.137 e. The molecule has 0 saturated heterocycles. The van der Waals surface area contributed by atoms with E-state index in [9.17, 15) is 0 Å². The quantitative estimate of drug-likeness (QED) is 0.842.